The number of ether oxygens (including phenoxy) is 3. The maximum atomic E-state index is 13.3. The molecule has 0 saturated heterocycles. The van der Waals surface area contributed by atoms with Crippen LogP contribution < -0.4 is 20.1 Å². The summed E-state index contributed by atoms with van der Waals surface area (Å²) in [6.45, 7) is 1.36. The van der Waals surface area contributed by atoms with Gasteiger partial charge >= 0.3 is 6.09 Å². The highest BCUT2D eigenvalue weighted by Crippen LogP contribution is 2.45. The Morgan fingerprint density at radius 1 is 0.844 bits per heavy atom. The minimum atomic E-state index is -0.490. The second-order valence-electron chi connectivity index (χ2n) is 11.5. The first kappa shape index (κ1) is 27.1. The van der Waals surface area contributed by atoms with Gasteiger partial charge in [0.25, 0.3) is 11.8 Å². The van der Waals surface area contributed by atoms with E-state index in [2.05, 4.69) is 19.8 Å². The monoisotopic (exact) mass is 602 g/mol. The first-order valence-electron chi connectivity index (χ1n) is 15.0. The summed E-state index contributed by atoms with van der Waals surface area (Å²) >= 11 is 0. The zero-order chi connectivity index (χ0) is 30.8. The molecule has 2 aliphatic rings. The predicted octanol–water partition coefficient (Wildman–Crippen LogP) is 5.54. The molecule has 0 bridgehead atoms. The Hall–Kier alpha value is -5.51. The van der Waals surface area contributed by atoms with Gasteiger partial charge in [-0.15, -0.1) is 0 Å². The normalized spacial score (nSPS) is 15.8. The Labute approximate surface area is 257 Å². The number of nitrogens with one attached hydrogen (secondary N) is 2. The molecule has 45 heavy (non-hydrogen) atoms. The van der Waals surface area contributed by atoms with Crippen molar-refractivity contribution in [1.82, 2.24) is 19.8 Å². The fourth-order valence-electron chi connectivity index (χ4n) is 7.16. The third kappa shape index (κ3) is 4.05. The number of aromatic nitrogens is 2. The number of carbonyl (C=O) groups is 3. The quantitative estimate of drug-likeness (QED) is 0.242. The lowest BCUT2D eigenvalue weighted by atomic mass is 9.96. The van der Waals surface area contributed by atoms with Gasteiger partial charge in [0.1, 0.15) is 6.10 Å². The summed E-state index contributed by atoms with van der Waals surface area (Å²) in [5.41, 5.74) is 5.50. The minimum Gasteiger partial charge on any atom is -0.493 e. The van der Waals surface area contributed by atoms with Crippen LogP contribution in [0.2, 0.25) is 0 Å². The number of amides is 3. The van der Waals surface area contributed by atoms with Gasteiger partial charge in [-0.2, -0.15) is 0 Å². The molecule has 4 heterocycles. The van der Waals surface area contributed by atoms with Gasteiger partial charge in [0.15, 0.2) is 11.5 Å². The molecule has 2 N–H and O–H groups in total. The Balaban J connectivity index is 1.18. The van der Waals surface area contributed by atoms with Gasteiger partial charge in [-0.1, -0.05) is 42.5 Å². The van der Waals surface area contributed by atoms with Crippen molar-refractivity contribution in [3.63, 3.8) is 0 Å². The van der Waals surface area contributed by atoms with Crippen molar-refractivity contribution in [1.29, 1.82) is 0 Å². The van der Waals surface area contributed by atoms with Crippen molar-refractivity contribution < 1.29 is 28.6 Å². The van der Waals surface area contributed by atoms with E-state index in [-0.39, 0.29) is 11.8 Å². The maximum Gasteiger partial charge on any atom is 0.407 e. The third-order valence-electron chi connectivity index (χ3n) is 9.06. The third-order valence-corrected chi connectivity index (χ3v) is 9.06. The highest BCUT2D eigenvalue weighted by Gasteiger charge is 2.37. The number of benzene rings is 4. The smallest absolute Gasteiger partial charge is 0.407 e. The molecule has 0 aliphatic carbocycles. The Morgan fingerprint density at radius 2 is 1.47 bits per heavy atom. The number of aryl methyl sites for hydroxylation is 1. The van der Waals surface area contributed by atoms with Gasteiger partial charge in [0, 0.05) is 52.1 Å². The van der Waals surface area contributed by atoms with Gasteiger partial charge in [0.05, 0.1) is 42.9 Å². The van der Waals surface area contributed by atoms with Crippen LogP contribution in [-0.4, -0.2) is 53.9 Å². The van der Waals surface area contributed by atoms with Crippen LogP contribution >= 0.6 is 0 Å². The van der Waals surface area contributed by atoms with Crippen LogP contribution in [0.1, 0.15) is 32.7 Å². The van der Waals surface area contributed by atoms with Crippen molar-refractivity contribution in [2.24, 2.45) is 0 Å². The summed E-state index contributed by atoms with van der Waals surface area (Å²) < 4.78 is 21.1. The van der Waals surface area contributed by atoms with Gasteiger partial charge in [-0.3, -0.25) is 14.9 Å². The molecular weight excluding hydrogens is 572 g/mol. The van der Waals surface area contributed by atoms with Crippen molar-refractivity contribution in [3.8, 4) is 11.5 Å². The van der Waals surface area contributed by atoms with E-state index in [9.17, 15) is 14.4 Å². The first-order valence-corrected chi connectivity index (χ1v) is 15.0. The van der Waals surface area contributed by atoms with Crippen molar-refractivity contribution in [2.75, 3.05) is 20.8 Å². The van der Waals surface area contributed by atoms with E-state index in [1.165, 1.54) is 0 Å². The molecule has 226 valence electrons. The zero-order valence-electron chi connectivity index (χ0n) is 24.8. The first-order chi connectivity index (χ1) is 22.0. The molecule has 8 rings (SSSR count). The summed E-state index contributed by atoms with van der Waals surface area (Å²) in [7, 11) is 3.19. The number of carbonyl (C=O) groups excluding carboxylic acids is 3. The molecule has 1 unspecified atom stereocenters. The summed E-state index contributed by atoms with van der Waals surface area (Å²) in [4.78, 5) is 39.7. The lowest BCUT2D eigenvalue weighted by Gasteiger charge is -2.24. The highest BCUT2D eigenvalue weighted by molar-refractivity contribution is 6.39. The van der Waals surface area contributed by atoms with Crippen LogP contribution in [0.5, 0.6) is 11.5 Å². The molecular formula is C35H30N4O6. The van der Waals surface area contributed by atoms with Crippen molar-refractivity contribution >= 4 is 61.5 Å². The lowest BCUT2D eigenvalue weighted by Crippen LogP contribution is -2.33. The molecule has 0 saturated carbocycles. The summed E-state index contributed by atoms with van der Waals surface area (Å²) in [5, 5.41) is 8.80. The standard InChI is InChI=1S/C35H30N4O6/c1-43-25-12-11-19(17-26(25)44-2)13-15-36-35(42)45-20-14-16-38-23-9-5-3-7-21(23)27-29-30(34(41)37-33(29)40)28-22-8-4-6-10-24(22)39(18-20)32(28)31(27)38/h3-12,17,20H,13-16,18H2,1-2H3,(H,36,42)(H,37,40,41). The second kappa shape index (κ2) is 10.3. The van der Waals surface area contributed by atoms with E-state index in [1.54, 1.807) is 14.2 Å². The molecule has 4 aromatic carbocycles. The molecule has 0 fully saturated rings. The minimum absolute atomic E-state index is 0.371. The zero-order valence-corrected chi connectivity index (χ0v) is 24.8. The molecule has 10 nitrogen and oxygen atoms in total. The fourth-order valence-corrected chi connectivity index (χ4v) is 7.16. The SMILES string of the molecule is COc1ccc(CCNC(=O)OC2CCn3c4ccccc4c4c5c(c6c7ccccc7n(c6c43)C2)C(=O)NC5=O)cc1OC. The summed E-state index contributed by atoms with van der Waals surface area (Å²) in [5.74, 6) is 0.526. The second-order valence-corrected chi connectivity index (χ2v) is 11.5. The van der Waals surface area contributed by atoms with Gasteiger partial charge in [0.2, 0.25) is 0 Å². The van der Waals surface area contributed by atoms with E-state index in [0.29, 0.717) is 55.1 Å². The molecule has 2 aromatic heterocycles. The van der Waals surface area contributed by atoms with Gasteiger partial charge < -0.3 is 28.7 Å². The van der Waals surface area contributed by atoms with E-state index in [0.717, 1.165) is 49.2 Å². The van der Waals surface area contributed by atoms with E-state index < -0.39 is 12.2 Å². The van der Waals surface area contributed by atoms with Gasteiger partial charge in [-0.05, 0) is 36.2 Å². The summed E-state index contributed by atoms with van der Waals surface area (Å²) in [6.07, 6.45) is 0.218. The van der Waals surface area contributed by atoms with Crippen LogP contribution in [0, 0.1) is 0 Å². The molecule has 0 radical (unpaired) electrons. The average Bonchev–Trinajstić information content (AvgIpc) is 3.65. The maximum absolute atomic E-state index is 13.3. The number of imide groups is 1. The number of nitrogens with zero attached hydrogens (tertiary/aromatic N) is 2. The highest BCUT2D eigenvalue weighted by atomic mass is 16.6. The Bertz CT molecular complexity index is 2230. The predicted molar refractivity (Wildman–Crippen MR) is 170 cm³/mol. The number of alkyl carbamates (subject to hydrolysis) is 1. The number of methoxy groups -OCH3 is 2. The van der Waals surface area contributed by atoms with E-state index in [1.807, 2.05) is 66.7 Å². The number of rotatable bonds is 6. The number of hydrogen-bond donors (Lipinski definition) is 2. The molecule has 6 aromatic rings. The largest absolute Gasteiger partial charge is 0.493 e. The van der Waals surface area contributed by atoms with Crippen LogP contribution in [-0.2, 0) is 24.2 Å². The topological polar surface area (TPSA) is 113 Å². The van der Waals surface area contributed by atoms with Crippen molar-refractivity contribution in [3.05, 3.63) is 83.4 Å². The molecule has 3 amide bonds. The number of para-hydroxylation sites is 2. The van der Waals surface area contributed by atoms with Gasteiger partial charge in [-0.25, -0.2) is 4.79 Å². The molecule has 10 heteroatoms. The number of fused-ring (bicyclic) bond motifs is 9. The van der Waals surface area contributed by atoms with E-state index in [4.69, 9.17) is 14.2 Å². The molecule has 0 spiro atoms. The van der Waals surface area contributed by atoms with Crippen LogP contribution in [0.4, 0.5) is 4.79 Å². The average molecular weight is 603 g/mol. The lowest BCUT2D eigenvalue weighted by molar-refractivity contribution is 0.0809. The summed E-state index contributed by atoms with van der Waals surface area (Å²) in [6, 6.07) is 21.5. The molecule has 2 aliphatic heterocycles. The van der Waals surface area contributed by atoms with Crippen LogP contribution in [0.15, 0.2) is 66.7 Å². The Kier molecular flexibility index (Phi) is 6.19. The van der Waals surface area contributed by atoms with Crippen molar-refractivity contribution in [2.45, 2.75) is 32.0 Å². The van der Waals surface area contributed by atoms with Crippen LogP contribution in [0.3, 0.4) is 0 Å². The fraction of sp³-hybridized carbons (Fsp3) is 0.229. The molecule has 1 atom stereocenters. The number of hydrogen-bond acceptors (Lipinski definition) is 6. The van der Waals surface area contributed by atoms with Crippen LogP contribution in [0.25, 0.3) is 43.6 Å². The van der Waals surface area contributed by atoms with E-state index >= 15 is 0 Å². The Morgan fingerprint density at radius 3 is 2.13 bits per heavy atom.